The van der Waals surface area contributed by atoms with Crippen LogP contribution in [-0.2, 0) is 10.8 Å². The molecule has 0 aliphatic heterocycles. The van der Waals surface area contributed by atoms with E-state index in [1.807, 2.05) is 41.5 Å². The molecule has 3 heteroatoms. The van der Waals surface area contributed by atoms with Crippen molar-refractivity contribution in [2.24, 2.45) is 0 Å². The fourth-order valence-corrected chi connectivity index (χ4v) is 2.44. The molecule has 0 fully saturated rings. The van der Waals surface area contributed by atoms with Gasteiger partial charge in [-0.1, -0.05) is 41.5 Å². The average Bonchev–Trinajstić information content (AvgIpc) is 2.24. The van der Waals surface area contributed by atoms with Crippen LogP contribution in [-0.4, -0.2) is 18.0 Å². The zero-order chi connectivity index (χ0) is 15.9. The minimum atomic E-state index is -0.291. The van der Waals surface area contributed by atoms with Crippen molar-refractivity contribution in [1.82, 2.24) is 0 Å². The lowest BCUT2D eigenvalue weighted by molar-refractivity contribution is 0.101. The number of ether oxygens (including phenoxy) is 1. The summed E-state index contributed by atoms with van der Waals surface area (Å²) in [6.07, 6.45) is 0. The molecule has 0 saturated heterocycles. The number of Topliss-reactive ketones (excluding diaryl/α,β-unsaturated/α-hetero) is 1. The van der Waals surface area contributed by atoms with Gasteiger partial charge in [0, 0.05) is 16.7 Å². The number of phenolic OH excluding ortho intramolecular Hbond substituents is 1. The molecular formula is C17H26O3. The van der Waals surface area contributed by atoms with Crippen molar-refractivity contribution in [3.05, 3.63) is 22.8 Å². The van der Waals surface area contributed by atoms with Gasteiger partial charge in [0.15, 0.2) is 17.3 Å². The van der Waals surface area contributed by atoms with E-state index in [0.717, 1.165) is 11.1 Å². The van der Waals surface area contributed by atoms with Crippen LogP contribution < -0.4 is 4.74 Å². The second-order valence-electron chi connectivity index (χ2n) is 7.28. The quantitative estimate of drug-likeness (QED) is 0.825. The average molecular weight is 278 g/mol. The summed E-state index contributed by atoms with van der Waals surface area (Å²) >= 11 is 0. The van der Waals surface area contributed by atoms with Crippen LogP contribution in [0.25, 0.3) is 0 Å². The molecule has 0 amide bonds. The van der Waals surface area contributed by atoms with E-state index in [4.69, 9.17) is 4.74 Å². The number of ketones is 1. The van der Waals surface area contributed by atoms with E-state index in [0.29, 0.717) is 11.3 Å². The Balaban J connectivity index is 3.87. The fraction of sp³-hybridized carbons (Fsp3) is 0.588. The fourth-order valence-electron chi connectivity index (χ4n) is 2.44. The Labute approximate surface area is 122 Å². The molecule has 0 saturated carbocycles. The molecular weight excluding hydrogens is 252 g/mol. The van der Waals surface area contributed by atoms with Crippen LogP contribution in [0.4, 0.5) is 0 Å². The van der Waals surface area contributed by atoms with Crippen molar-refractivity contribution in [3.8, 4) is 11.5 Å². The second kappa shape index (κ2) is 5.12. The number of benzene rings is 1. The summed E-state index contributed by atoms with van der Waals surface area (Å²) in [7, 11) is 1.53. The van der Waals surface area contributed by atoms with E-state index in [-0.39, 0.29) is 22.4 Å². The Bertz CT molecular complexity index is 529. The SMILES string of the molecule is COc1c(O)c(C(C)(C)C)cc(C(C)=O)c1C(C)(C)C. The molecule has 0 spiro atoms. The highest BCUT2D eigenvalue weighted by Crippen LogP contribution is 2.46. The third-order valence-corrected chi connectivity index (χ3v) is 3.40. The highest BCUT2D eigenvalue weighted by atomic mass is 16.5. The maximum absolute atomic E-state index is 12.0. The lowest BCUT2D eigenvalue weighted by Crippen LogP contribution is -2.21. The Morgan fingerprint density at radius 2 is 1.60 bits per heavy atom. The third kappa shape index (κ3) is 2.97. The molecule has 1 rings (SSSR count). The molecule has 3 nitrogen and oxygen atoms in total. The number of methoxy groups -OCH3 is 1. The molecule has 112 valence electrons. The molecule has 1 aromatic rings. The van der Waals surface area contributed by atoms with Crippen LogP contribution in [0.5, 0.6) is 11.5 Å². The molecule has 0 heterocycles. The van der Waals surface area contributed by atoms with Gasteiger partial charge in [-0.05, 0) is 23.8 Å². The van der Waals surface area contributed by atoms with Gasteiger partial charge in [-0.25, -0.2) is 0 Å². The van der Waals surface area contributed by atoms with Crippen LogP contribution >= 0.6 is 0 Å². The van der Waals surface area contributed by atoms with E-state index < -0.39 is 0 Å². The van der Waals surface area contributed by atoms with Gasteiger partial charge in [0.1, 0.15) is 0 Å². The summed E-state index contributed by atoms with van der Waals surface area (Å²) in [5.74, 6) is 0.531. The minimum absolute atomic E-state index is 0.0151. The van der Waals surface area contributed by atoms with Gasteiger partial charge in [-0.3, -0.25) is 4.79 Å². The van der Waals surface area contributed by atoms with Crippen LogP contribution in [0.1, 0.15) is 70.0 Å². The standard InChI is InChI=1S/C17H26O3/c1-10(18)11-9-12(16(2,3)4)14(19)15(20-8)13(11)17(5,6)7/h9,19H,1-8H3. The van der Waals surface area contributed by atoms with E-state index in [9.17, 15) is 9.90 Å². The zero-order valence-corrected chi connectivity index (χ0v) is 13.8. The number of carbonyl (C=O) groups is 1. The smallest absolute Gasteiger partial charge is 0.165 e. The first kappa shape index (κ1) is 16.5. The monoisotopic (exact) mass is 278 g/mol. The molecule has 1 N–H and O–H groups in total. The molecule has 0 atom stereocenters. The molecule has 0 bridgehead atoms. The first-order valence-corrected chi connectivity index (χ1v) is 6.87. The normalized spacial score (nSPS) is 12.4. The summed E-state index contributed by atoms with van der Waals surface area (Å²) in [5.41, 5.74) is 1.56. The van der Waals surface area contributed by atoms with Gasteiger partial charge >= 0.3 is 0 Å². The highest BCUT2D eigenvalue weighted by molar-refractivity contribution is 5.97. The van der Waals surface area contributed by atoms with Crippen molar-refractivity contribution in [3.63, 3.8) is 0 Å². The predicted octanol–water partition coefficient (Wildman–Crippen LogP) is 4.20. The number of hydrogen-bond acceptors (Lipinski definition) is 3. The van der Waals surface area contributed by atoms with Crippen molar-refractivity contribution in [2.75, 3.05) is 7.11 Å². The first-order valence-electron chi connectivity index (χ1n) is 6.87. The lowest BCUT2D eigenvalue weighted by atomic mass is 9.77. The first-order chi connectivity index (χ1) is 8.91. The van der Waals surface area contributed by atoms with E-state index in [1.54, 1.807) is 13.0 Å². The summed E-state index contributed by atoms with van der Waals surface area (Å²) in [5, 5.41) is 10.5. The van der Waals surface area contributed by atoms with Gasteiger partial charge in [-0.15, -0.1) is 0 Å². The summed E-state index contributed by atoms with van der Waals surface area (Å²) in [6, 6.07) is 1.81. The summed E-state index contributed by atoms with van der Waals surface area (Å²) < 4.78 is 5.43. The Morgan fingerprint density at radius 3 is 1.90 bits per heavy atom. The lowest BCUT2D eigenvalue weighted by Gasteiger charge is -2.29. The van der Waals surface area contributed by atoms with Gasteiger partial charge < -0.3 is 9.84 Å². The van der Waals surface area contributed by atoms with Crippen LogP contribution in [0.3, 0.4) is 0 Å². The predicted molar refractivity (Wildman–Crippen MR) is 82.1 cm³/mol. The molecule has 20 heavy (non-hydrogen) atoms. The Kier molecular flexibility index (Phi) is 4.23. The van der Waals surface area contributed by atoms with Crippen LogP contribution in [0.15, 0.2) is 6.07 Å². The Hall–Kier alpha value is -1.51. The van der Waals surface area contributed by atoms with E-state index in [2.05, 4.69) is 0 Å². The second-order valence-corrected chi connectivity index (χ2v) is 7.28. The number of aromatic hydroxyl groups is 1. The maximum Gasteiger partial charge on any atom is 0.165 e. The molecule has 0 radical (unpaired) electrons. The molecule has 0 aliphatic carbocycles. The zero-order valence-electron chi connectivity index (χ0n) is 13.8. The largest absolute Gasteiger partial charge is 0.504 e. The van der Waals surface area contributed by atoms with E-state index in [1.165, 1.54) is 7.11 Å². The van der Waals surface area contributed by atoms with Gasteiger partial charge in [0.05, 0.1) is 7.11 Å². The van der Waals surface area contributed by atoms with Crippen molar-refractivity contribution in [2.45, 2.75) is 59.3 Å². The van der Waals surface area contributed by atoms with Crippen molar-refractivity contribution in [1.29, 1.82) is 0 Å². The maximum atomic E-state index is 12.0. The van der Waals surface area contributed by atoms with Crippen LogP contribution in [0, 0.1) is 0 Å². The molecule has 1 aromatic carbocycles. The van der Waals surface area contributed by atoms with E-state index >= 15 is 0 Å². The number of carbonyl (C=O) groups excluding carboxylic acids is 1. The van der Waals surface area contributed by atoms with Gasteiger partial charge in [-0.2, -0.15) is 0 Å². The molecule has 0 aromatic heterocycles. The summed E-state index contributed by atoms with van der Waals surface area (Å²) in [4.78, 5) is 12.0. The number of hydrogen-bond donors (Lipinski definition) is 1. The van der Waals surface area contributed by atoms with Gasteiger partial charge in [0.2, 0.25) is 0 Å². The highest BCUT2D eigenvalue weighted by Gasteiger charge is 2.31. The van der Waals surface area contributed by atoms with Crippen molar-refractivity contribution >= 4 is 5.78 Å². The van der Waals surface area contributed by atoms with Crippen molar-refractivity contribution < 1.29 is 14.6 Å². The Morgan fingerprint density at radius 1 is 1.10 bits per heavy atom. The van der Waals surface area contributed by atoms with Gasteiger partial charge in [0.25, 0.3) is 0 Å². The minimum Gasteiger partial charge on any atom is -0.504 e. The topological polar surface area (TPSA) is 46.5 Å². The summed E-state index contributed by atoms with van der Waals surface area (Å²) in [6.45, 7) is 13.6. The third-order valence-electron chi connectivity index (χ3n) is 3.40. The molecule has 0 aliphatic rings. The number of rotatable bonds is 2. The molecule has 0 unspecified atom stereocenters. The van der Waals surface area contributed by atoms with Crippen LogP contribution in [0.2, 0.25) is 0 Å². The number of phenols is 1.